The molecule has 190 valence electrons. The molecular weight excluding hydrogens is 473 g/mol. The summed E-state index contributed by atoms with van der Waals surface area (Å²) in [4.78, 5) is 25.7. The molecule has 6 rings (SSSR count). The first-order chi connectivity index (χ1) is 17.2. The average Bonchev–Trinajstić information content (AvgIpc) is 3.59. The molecule has 3 aliphatic rings. The van der Waals surface area contributed by atoms with Crippen LogP contribution in [0.2, 0.25) is 0 Å². The van der Waals surface area contributed by atoms with E-state index in [1.165, 1.54) is 0 Å². The smallest absolute Gasteiger partial charge is 0.398 e. The summed E-state index contributed by atoms with van der Waals surface area (Å²) in [5.74, 6) is 0.211. The Bertz CT molecular complexity index is 1280. The normalized spacial score (nSPS) is 23.2. The van der Waals surface area contributed by atoms with Gasteiger partial charge >= 0.3 is 12.1 Å². The van der Waals surface area contributed by atoms with E-state index in [0.717, 1.165) is 43.7 Å². The molecule has 3 aromatic rings. The van der Waals surface area contributed by atoms with Crippen LogP contribution in [0.3, 0.4) is 0 Å². The van der Waals surface area contributed by atoms with Crippen molar-refractivity contribution in [3.05, 3.63) is 42.1 Å². The third-order valence-corrected chi connectivity index (χ3v) is 8.24. The zero-order valence-corrected chi connectivity index (χ0v) is 19.6. The first-order valence-corrected chi connectivity index (χ1v) is 12.3. The number of hydrogen-bond acceptors (Lipinski definition) is 5. The van der Waals surface area contributed by atoms with Gasteiger partial charge in [0.15, 0.2) is 0 Å². The molecule has 1 unspecified atom stereocenters. The van der Waals surface area contributed by atoms with Crippen LogP contribution in [0.25, 0.3) is 22.4 Å². The van der Waals surface area contributed by atoms with Crippen LogP contribution in [-0.2, 0) is 14.9 Å². The van der Waals surface area contributed by atoms with Crippen LogP contribution < -0.4 is 4.90 Å². The second kappa shape index (κ2) is 8.19. The van der Waals surface area contributed by atoms with Gasteiger partial charge in [0.25, 0.3) is 0 Å². The molecule has 2 aromatic heterocycles. The summed E-state index contributed by atoms with van der Waals surface area (Å²) in [5.41, 5.74) is 0.281. The van der Waals surface area contributed by atoms with E-state index in [4.69, 9.17) is 4.74 Å². The highest BCUT2D eigenvalue weighted by atomic mass is 19.4. The number of aliphatic carboxylic acids is 1. The summed E-state index contributed by atoms with van der Waals surface area (Å²) in [6, 6.07) is 8.61. The Morgan fingerprint density at radius 3 is 2.47 bits per heavy atom. The van der Waals surface area contributed by atoms with Crippen LogP contribution in [0.1, 0.15) is 44.1 Å². The van der Waals surface area contributed by atoms with E-state index in [2.05, 4.69) is 19.9 Å². The molecule has 4 heterocycles. The Balaban J connectivity index is 1.14. The van der Waals surface area contributed by atoms with Crippen molar-refractivity contribution >= 4 is 22.8 Å². The van der Waals surface area contributed by atoms with Gasteiger partial charge in [0.2, 0.25) is 0 Å². The molecule has 0 radical (unpaired) electrons. The molecule has 1 saturated carbocycles. The maximum Gasteiger partial charge on any atom is 0.398 e. The average molecular weight is 501 g/mol. The fourth-order valence-electron chi connectivity index (χ4n) is 5.62. The van der Waals surface area contributed by atoms with Crippen LogP contribution in [-0.4, -0.2) is 57.5 Å². The number of carboxylic acids is 1. The molecule has 36 heavy (non-hydrogen) atoms. The van der Waals surface area contributed by atoms with Crippen LogP contribution in [0, 0.1) is 5.92 Å². The molecule has 7 nitrogen and oxygen atoms in total. The fraction of sp³-hybridized carbons (Fsp3) is 0.500. The molecule has 10 heteroatoms. The molecule has 2 aliphatic heterocycles. The Kier molecular flexibility index (Phi) is 5.30. The van der Waals surface area contributed by atoms with E-state index < -0.39 is 23.5 Å². The van der Waals surface area contributed by atoms with Crippen LogP contribution >= 0.6 is 0 Å². The summed E-state index contributed by atoms with van der Waals surface area (Å²) in [6.07, 6.45) is 0.792. The number of anilines is 1. The predicted octanol–water partition coefficient (Wildman–Crippen LogP) is 5.07. The number of imidazole rings is 1. The third-order valence-electron chi connectivity index (χ3n) is 8.24. The van der Waals surface area contributed by atoms with E-state index in [-0.39, 0.29) is 30.6 Å². The van der Waals surface area contributed by atoms with Gasteiger partial charge in [-0.1, -0.05) is 6.07 Å². The number of benzene rings is 1. The molecular formula is C26H27F3N4O3. The highest BCUT2D eigenvalue weighted by Crippen LogP contribution is 2.59. The summed E-state index contributed by atoms with van der Waals surface area (Å²) in [5, 5.41) is 9.19. The molecule has 2 N–H and O–H groups in total. The monoisotopic (exact) mass is 500 g/mol. The molecule has 1 spiro atoms. The van der Waals surface area contributed by atoms with Crippen molar-refractivity contribution in [1.82, 2.24) is 15.0 Å². The Labute approximate surface area is 205 Å². The molecule has 1 aliphatic carbocycles. The largest absolute Gasteiger partial charge is 0.481 e. The van der Waals surface area contributed by atoms with E-state index in [1.807, 2.05) is 12.1 Å². The quantitative estimate of drug-likeness (QED) is 0.520. The van der Waals surface area contributed by atoms with Crippen molar-refractivity contribution in [2.75, 3.05) is 24.6 Å². The first-order valence-electron chi connectivity index (χ1n) is 12.3. The lowest BCUT2D eigenvalue weighted by Gasteiger charge is -2.45. The number of nitrogens with zero attached hydrogens (tertiary/aromatic N) is 3. The standard InChI is InChI=1S/C26H27F3N4O3/c27-26(28,29)25(7-8-25)18-2-3-19-20(13-18)32-22(31-19)16-1-4-21(30-14-16)33-11-9-24(10-12-33)6-5-17(15-36-24)23(34)35/h1-4,13-14,17H,5-12,15H2,(H,31,32)(H,34,35). The minimum atomic E-state index is -4.25. The number of pyridine rings is 1. The lowest BCUT2D eigenvalue weighted by Crippen LogP contribution is -2.50. The first kappa shape index (κ1) is 23.3. The number of aromatic amines is 1. The van der Waals surface area contributed by atoms with Crippen molar-refractivity contribution < 1.29 is 27.8 Å². The number of piperidine rings is 1. The number of fused-ring (bicyclic) bond motifs is 1. The second-order valence-corrected chi connectivity index (χ2v) is 10.4. The lowest BCUT2D eigenvalue weighted by molar-refractivity contribution is -0.160. The predicted molar refractivity (Wildman–Crippen MR) is 127 cm³/mol. The van der Waals surface area contributed by atoms with Gasteiger partial charge < -0.3 is 19.7 Å². The number of halogens is 3. The number of aromatic nitrogens is 3. The van der Waals surface area contributed by atoms with Gasteiger partial charge in [-0.25, -0.2) is 9.97 Å². The number of H-pyrrole nitrogens is 1. The van der Waals surface area contributed by atoms with E-state index in [9.17, 15) is 23.1 Å². The molecule has 1 aromatic carbocycles. The summed E-state index contributed by atoms with van der Waals surface area (Å²) in [7, 11) is 0. The maximum atomic E-state index is 13.5. The highest BCUT2D eigenvalue weighted by Gasteiger charge is 2.64. The van der Waals surface area contributed by atoms with Crippen LogP contribution in [0.4, 0.5) is 19.0 Å². The van der Waals surface area contributed by atoms with Crippen molar-refractivity contribution in [1.29, 1.82) is 0 Å². The molecule has 0 bridgehead atoms. The van der Waals surface area contributed by atoms with Gasteiger partial charge in [0.1, 0.15) is 11.6 Å². The fourth-order valence-corrected chi connectivity index (χ4v) is 5.62. The number of carboxylic acid groups (broad SMARTS) is 1. The Morgan fingerprint density at radius 1 is 1.11 bits per heavy atom. The van der Waals surface area contributed by atoms with Crippen molar-refractivity contribution in [3.8, 4) is 11.4 Å². The van der Waals surface area contributed by atoms with Gasteiger partial charge in [-0.15, -0.1) is 0 Å². The van der Waals surface area contributed by atoms with Crippen molar-refractivity contribution in [2.45, 2.75) is 55.7 Å². The number of hydrogen-bond donors (Lipinski definition) is 2. The van der Waals surface area contributed by atoms with E-state index in [0.29, 0.717) is 23.3 Å². The SMILES string of the molecule is O=C(O)C1CCC2(CCN(c3ccc(-c4nc5cc(C6(C(F)(F)F)CC6)ccc5[nH]4)cn3)CC2)OC1. The second-order valence-electron chi connectivity index (χ2n) is 10.4. The molecule has 1 atom stereocenters. The van der Waals surface area contributed by atoms with Gasteiger partial charge in [-0.2, -0.15) is 13.2 Å². The van der Waals surface area contributed by atoms with E-state index in [1.54, 1.807) is 24.4 Å². The number of nitrogens with one attached hydrogen (secondary N) is 1. The lowest BCUT2D eigenvalue weighted by atomic mass is 9.82. The number of carbonyl (C=O) groups is 1. The number of alkyl halides is 3. The van der Waals surface area contributed by atoms with Crippen LogP contribution in [0.15, 0.2) is 36.5 Å². The van der Waals surface area contributed by atoms with Crippen molar-refractivity contribution in [3.63, 3.8) is 0 Å². The molecule has 0 amide bonds. The minimum absolute atomic E-state index is 0.122. The number of ether oxygens (including phenoxy) is 1. The van der Waals surface area contributed by atoms with Gasteiger partial charge in [0.05, 0.1) is 34.6 Å². The number of rotatable bonds is 4. The molecule has 2 saturated heterocycles. The summed E-state index contributed by atoms with van der Waals surface area (Å²) < 4.78 is 46.6. The topological polar surface area (TPSA) is 91.3 Å². The van der Waals surface area contributed by atoms with Gasteiger partial charge in [0, 0.05) is 24.8 Å². The van der Waals surface area contributed by atoms with Gasteiger partial charge in [-0.05, 0) is 68.4 Å². The molecule has 3 fully saturated rings. The van der Waals surface area contributed by atoms with Gasteiger partial charge in [-0.3, -0.25) is 4.79 Å². The minimum Gasteiger partial charge on any atom is -0.481 e. The highest BCUT2D eigenvalue weighted by molar-refractivity contribution is 5.80. The Hall–Kier alpha value is -3.14. The summed E-state index contributed by atoms with van der Waals surface area (Å²) in [6.45, 7) is 1.83. The third kappa shape index (κ3) is 3.91. The zero-order valence-electron chi connectivity index (χ0n) is 19.6. The van der Waals surface area contributed by atoms with E-state index >= 15 is 0 Å². The zero-order chi connectivity index (χ0) is 25.1. The maximum absolute atomic E-state index is 13.5. The van der Waals surface area contributed by atoms with Crippen LogP contribution in [0.5, 0.6) is 0 Å². The van der Waals surface area contributed by atoms with Crippen molar-refractivity contribution in [2.24, 2.45) is 5.92 Å². The Morgan fingerprint density at radius 2 is 1.89 bits per heavy atom. The summed E-state index contributed by atoms with van der Waals surface area (Å²) >= 11 is 0.